The molecule has 0 aliphatic rings. The highest BCUT2D eigenvalue weighted by atomic mass is 19.4. The minimum absolute atomic E-state index is 0.0193. The minimum atomic E-state index is -4.47. The lowest BCUT2D eigenvalue weighted by atomic mass is 10.2. The van der Waals surface area contributed by atoms with E-state index < -0.39 is 17.6 Å². The van der Waals surface area contributed by atoms with Gasteiger partial charge in [-0.1, -0.05) is 29.8 Å². The fourth-order valence-corrected chi connectivity index (χ4v) is 2.29. The molecule has 0 bridgehead atoms. The first kappa shape index (κ1) is 18.4. The lowest BCUT2D eigenvalue weighted by molar-refractivity contribution is -0.137. The van der Waals surface area contributed by atoms with E-state index in [9.17, 15) is 18.0 Å². The van der Waals surface area contributed by atoms with Gasteiger partial charge in [0, 0.05) is 11.8 Å². The van der Waals surface area contributed by atoms with Crippen LogP contribution in [0.3, 0.4) is 0 Å². The van der Waals surface area contributed by atoms with Crippen molar-refractivity contribution in [3.05, 3.63) is 83.6 Å². The Morgan fingerprint density at radius 3 is 2.41 bits per heavy atom. The molecule has 0 saturated carbocycles. The summed E-state index contributed by atoms with van der Waals surface area (Å²) in [6.07, 6.45) is -4.47. The fourth-order valence-electron chi connectivity index (χ4n) is 2.29. The van der Waals surface area contributed by atoms with Crippen molar-refractivity contribution in [2.24, 2.45) is 0 Å². The van der Waals surface area contributed by atoms with E-state index in [0.717, 1.165) is 17.7 Å². The van der Waals surface area contributed by atoms with Crippen LogP contribution in [0, 0.1) is 6.92 Å². The number of hydrogen-bond acceptors (Lipinski definition) is 3. The number of nitrogens with one attached hydrogen (secondary N) is 1. The van der Waals surface area contributed by atoms with Crippen LogP contribution in [0.2, 0.25) is 0 Å². The van der Waals surface area contributed by atoms with Gasteiger partial charge in [-0.3, -0.25) is 4.79 Å². The number of benzene rings is 2. The maximum absolute atomic E-state index is 12.8. The molecule has 138 valence electrons. The molecule has 2 aromatic carbocycles. The Kier molecular flexibility index (Phi) is 5.12. The average molecular weight is 372 g/mol. The summed E-state index contributed by atoms with van der Waals surface area (Å²) in [7, 11) is 0. The van der Waals surface area contributed by atoms with Crippen LogP contribution in [-0.4, -0.2) is 10.9 Å². The summed E-state index contributed by atoms with van der Waals surface area (Å²) in [6.45, 7) is 1.93. The molecule has 0 fully saturated rings. The molecular formula is C20H15F3N2O2. The topological polar surface area (TPSA) is 51.2 Å². The molecular weight excluding hydrogens is 357 g/mol. The maximum atomic E-state index is 12.8. The predicted molar refractivity (Wildman–Crippen MR) is 94.9 cm³/mol. The predicted octanol–water partition coefficient (Wildman–Crippen LogP) is 5.45. The zero-order chi connectivity index (χ0) is 19.4. The number of nitrogens with zero attached hydrogens (tertiary/aromatic N) is 1. The summed E-state index contributed by atoms with van der Waals surface area (Å²) in [5.74, 6) is -0.451. The molecule has 0 spiro atoms. The molecule has 4 nitrogen and oxygen atoms in total. The Labute approximate surface area is 153 Å². The standard InChI is InChI=1S/C20H15F3N2O2/c1-13-8-10-15(11-9-13)24-19(26)17-6-3-7-18(25-17)27-16-5-2-4-14(12-16)20(21,22)23/h2-12H,1H3,(H,24,26). The summed E-state index contributed by atoms with van der Waals surface area (Å²) < 4.78 is 43.7. The number of anilines is 1. The van der Waals surface area contributed by atoms with Crippen molar-refractivity contribution in [2.75, 3.05) is 5.32 Å². The third-order valence-electron chi connectivity index (χ3n) is 3.65. The van der Waals surface area contributed by atoms with Gasteiger partial charge < -0.3 is 10.1 Å². The molecule has 0 saturated heterocycles. The van der Waals surface area contributed by atoms with Gasteiger partial charge in [0.05, 0.1) is 5.56 Å². The van der Waals surface area contributed by atoms with E-state index in [4.69, 9.17) is 4.74 Å². The van der Waals surface area contributed by atoms with Crippen LogP contribution in [0.5, 0.6) is 11.6 Å². The smallest absolute Gasteiger partial charge is 0.416 e. The van der Waals surface area contributed by atoms with Crippen LogP contribution in [0.25, 0.3) is 0 Å². The van der Waals surface area contributed by atoms with Gasteiger partial charge in [-0.05, 0) is 43.3 Å². The SMILES string of the molecule is Cc1ccc(NC(=O)c2cccc(Oc3cccc(C(F)(F)F)c3)n2)cc1. The van der Waals surface area contributed by atoms with Gasteiger partial charge in [-0.25, -0.2) is 4.98 Å². The lowest BCUT2D eigenvalue weighted by Gasteiger charge is -2.10. The Balaban J connectivity index is 1.75. The van der Waals surface area contributed by atoms with Gasteiger partial charge in [-0.2, -0.15) is 13.2 Å². The highest BCUT2D eigenvalue weighted by Crippen LogP contribution is 2.32. The monoisotopic (exact) mass is 372 g/mol. The Hall–Kier alpha value is -3.35. The van der Waals surface area contributed by atoms with Crippen molar-refractivity contribution in [3.8, 4) is 11.6 Å². The molecule has 0 unspecified atom stereocenters. The number of amides is 1. The van der Waals surface area contributed by atoms with Crippen LogP contribution < -0.4 is 10.1 Å². The summed E-state index contributed by atoms with van der Waals surface area (Å²) in [5.41, 5.74) is 0.924. The lowest BCUT2D eigenvalue weighted by Crippen LogP contribution is -2.13. The molecule has 1 aromatic heterocycles. The Bertz CT molecular complexity index is 954. The first-order chi connectivity index (χ1) is 12.8. The number of carbonyl (C=O) groups is 1. The quantitative estimate of drug-likeness (QED) is 0.662. The molecule has 1 heterocycles. The van der Waals surface area contributed by atoms with Gasteiger partial charge in [-0.15, -0.1) is 0 Å². The van der Waals surface area contributed by atoms with Gasteiger partial charge in [0.15, 0.2) is 0 Å². The molecule has 1 N–H and O–H groups in total. The van der Waals surface area contributed by atoms with E-state index in [0.29, 0.717) is 5.69 Å². The molecule has 3 aromatic rings. The number of rotatable bonds is 4. The van der Waals surface area contributed by atoms with Crippen LogP contribution in [0.4, 0.5) is 18.9 Å². The number of halogens is 3. The van der Waals surface area contributed by atoms with Crippen molar-refractivity contribution >= 4 is 11.6 Å². The minimum Gasteiger partial charge on any atom is -0.439 e. The summed E-state index contributed by atoms with van der Waals surface area (Å²) >= 11 is 0. The zero-order valence-electron chi connectivity index (χ0n) is 14.2. The third-order valence-corrected chi connectivity index (χ3v) is 3.65. The summed E-state index contributed by atoms with van der Waals surface area (Å²) in [4.78, 5) is 16.4. The first-order valence-electron chi connectivity index (χ1n) is 8.01. The second-order valence-corrected chi connectivity index (χ2v) is 5.81. The highest BCUT2D eigenvalue weighted by molar-refractivity contribution is 6.02. The molecule has 0 aliphatic heterocycles. The molecule has 1 amide bonds. The Morgan fingerprint density at radius 1 is 1.00 bits per heavy atom. The van der Waals surface area contributed by atoms with Crippen molar-refractivity contribution in [2.45, 2.75) is 13.1 Å². The summed E-state index contributed by atoms with van der Waals surface area (Å²) in [5, 5.41) is 2.70. The highest BCUT2D eigenvalue weighted by Gasteiger charge is 2.30. The van der Waals surface area contributed by atoms with E-state index in [2.05, 4.69) is 10.3 Å². The van der Waals surface area contributed by atoms with E-state index in [-0.39, 0.29) is 17.3 Å². The van der Waals surface area contributed by atoms with Gasteiger partial charge in [0.2, 0.25) is 5.88 Å². The second kappa shape index (κ2) is 7.49. The van der Waals surface area contributed by atoms with Gasteiger partial charge in [0.25, 0.3) is 5.91 Å². The number of aromatic nitrogens is 1. The van der Waals surface area contributed by atoms with E-state index in [1.807, 2.05) is 19.1 Å². The molecule has 0 aliphatic carbocycles. The van der Waals surface area contributed by atoms with Gasteiger partial charge in [0.1, 0.15) is 11.4 Å². The number of aryl methyl sites for hydroxylation is 1. The second-order valence-electron chi connectivity index (χ2n) is 5.81. The molecule has 3 rings (SSSR count). The van der Waals surface area contributed by atoms with E-state index in [1.165, 1.54) is 24.3 Å². The maximum Gasteiger partial charge on any atom is 0.416 e. The number of carbonyl (C=O) groups excluding carboxylic acids is 1. The summed E-state index contributed by atoms with van der Waals surface area (Å²) in [6, 6.07) is 16.2. The molecule has 27 heavy (non-hydrogen) atoms. The number of hydrogen-bond donors (Lipinski definition) is 1. The third kappa shape index (κ3) is 4.84. The van der Waals surface area contributed by atoms with Crippen molar-refractivity contribution < 1.29 is 22.7 Å². The van der Waals surface area contributed by atoms with Crippen LogP contribution in [0.1, 0.15) is 21.6 Å². The van der Waals surface area contributed by atoms with Crippen molar-refractivity contribution in [1.29, 1.82) is 0 Å². The number of alkyl halides is 3. The first-order valence-corrected chi connectivity index (χ1v) is 8.01. The normalized spacial score (nSPS) is 11.1. The Morgan fingerprint density at radius 2 is 1.70 bits per heavy atom. The van der Waals surface area contributed by atoms with E-state index >= 15 is 0 Å². The molecule has 0 atom stereocenters. The number of ether oxygens (including phenoxy) is 1. The van der Waals surface area contributed by atoms with Gasteiger partial charge >= 0.3 is 6.18 Å². The van der Waals surface area contributed by atoms with E-state index in [1.54, 1.807) is 18.2 Å². The molecule has 0 radical (unpaired) electrons. The average Bonchev–Trinajstić information content (AvgIpc) is 2.63. The fraction of sp³-hybridized carbons (Fsp3) is 0.100. The van der Waals surface area contributed by atoms with Crippen molar-refractivity contribution in [3.63, 3.8) is 0 Å². The largest absolute Gasteiger partial charge is 0.439 e. The van der Waals surface area contributed by atoms with Crippen LogP contribution >= 0.6 is 0 Å². The van der Waals surface area contributed by atoms with Crippen LogP contribution in [0.15, 0.2) is 66.7 Å². The van der Waals surface area contributed by atoms with Crippen molar-refractivity contribution in [1.82, 2.24) is 4.98 Å². The molecule has 7 heteroatoms. The number of pyridine rings is 1. The zero-order valence-corrected chi connectivity index (χ0v) is 14.2. The van der Waals surface area contributed by atoms with Crippen LogP contribution in [-0.2, 0) is 6.18 Å².